The summed E-state index contributed by atoms with van der Waals surface area (Å²) < 4.78 is 99.0. The average molecular weight is 629 g/mol. The molecule has 0 aliphatic carbocycles. The zero-order valence-electron chi connectivity index (χ0n) is 21.8. The number of rotatable bonds is 5. The first-order valence-electron chi connectivity index (χ1n) is 12.5. The molecular weight excluding hydrogens is 613 g/mol. The average Bonchev–Trinajstić information content (AvgIpc) is 3.65. The van der Waals surface area contributed by atoms with Crippen LogP contribution in [0.1, 0.15) is 21.7 Å². The van der Waals surface area contributed by atoms with Crippen LogP contribution in [-0.4, -0.2) is 30.9 Å². The van der Waals surface area contributed by atoms with E-state index in [0.29, 0.717) is 28.4 Å². The Morgan fingerprint density at radius 2 is 1.55 bits per heavy atom. The quantitative estimate of drug-likeness (QED) is 0.196. The summed E-state index contributed by atoms with van der Waals surface area (Å²) in [5, 5.41) is 10.4. The summed E-state index contributed by atoms with van der Waals surface area (Å²) in [6, 6.07) is 15.6. The number of nitrogens with one attached hydrogen (secondary N) is 1. The van der Waals surface area contributed by atoms with Crippen molar-refractivity contribution < 1.29 is 35.5 Å². The molecule has 0 saturated carbocycles. The number of aromatic nitrogens is 5. The lowest BCUT2D eigenvalue weighted by Crippen LogP contribution is -2.22. The molecule has 15 heteroatoms. The Hall–Kier alpha value is -5.18. The highest BCUT2D eigenvalue weighted by Crippen LogP contribution is 2.39. The maximum atomic E-state index is 15.5. The highest BCUT2D eigenvalue weighted by atomic mass is 32.1. The molecule has 6 aromatic rings. The molecule has 1 N–H and O–H groups in total. The minimum atomic E-state index is -5.33. The van der Waals surface area contributed by atoms with Gasteiger partial charge in [-0.15, -0.1) is 16.4 Å². The summed E-state index contributed by atoms with van der Waals surface area (Å²) in [5.74, 6) is -2.27. The third kappa shape index (κ3) is 5.25. The Labute approximate surface area is 246 Å². The second kappa shape index (κ2) is 10.8. The number of nitrogens with zero attached hydrogens (tertiary/aromatic N) is 5. The molecule has 0 aliphatic heterocycles. The van der Waals surface area contributed by atoms with Crippen LogP contribution in [-0.2, 0) is 12.4 Å². The van der Waals surface area contributed by atoms with Gasteiger partial charge in [0.2, 0.25) is 0 Å². The molecule has 6 rings (SSSR count). The van der Waals surface area contributed by atoms with Crippen molar-refractivity contribution >= 4 is 33.1 Å². The first kappa shape index (κ1) is 28.9. The predicted octanol–water partition coefficient (Wildman–Crippen LogP) is 8.04. The van der Waals surface area contributed by atoms with E-state index in [-0.39, 0.29) is 15.9 Å². The molecule has 0 saturated heterocycles. The van der Waals surface area contributed by atoms with E-state index in [1.165, 1.54) is 29.8 Å². The zero-order chi connectivity index (χ0) is 31.2. The molecule has 0 spiro atoms. The van der Waals surface area contributed by atoms with E-state index in [1.807, 2.05) is 11.4 Å². The molecule has 222 valence electrons. The predicted molar refractivity (Wildman–Crippen MR) is 148 cm³/mol. The fourth-order valence-corrected chi connectivity index (χ4v) is 5.51. The third-order valence-electron chi connectivity index (χ3n) is 6.53. The van der Waals surface area contributed by atoms with Crippen LogP contribution in [0.3, 0.4) is 0 Å². The van der Waals surface area contributed by atoms with Crippen molar-refractivity contribution in [2.45, 2.75) is 12.4 Å². The van der Waals surface area contributed by atoms with Crippen LogP contribution in [0, 0.1) is 5.82 Å². The maximum Gasteiger partial charge on any atom is 0.435 e. The normalized spacial score (nSPS) is 12.1. The van der Waals surface area contributed by atoms with Crippen molar-refractivity contribution in [1.82, 2.24) is 25.0 Å². The van der Waals surface area contributed by atoms with Crippen LogP contribution in [0.25, 0.3) is 38.3 Å². The van der Waals surface area contributed by atoms with Crippen LogP contribution in [0.2, 0.25) is 0 Å². The van der Waals surface area contributed by atoms with Gasteiger partial charge in [0.05, 0.1) is 27.2 Å². The van der Waals surface area contributed by atoms with E-state index in [9.17, 15) is 31.1 Å². The van der Waals surface area contributed by atoms with Crippen LogP contribution in [0.4, 0.5) is 36.4 Å². The fourth-order valence-electron chi connectivity index (χ4n) is 4.66. The number of amides is 1. The second-order valence-corrected chi connectivity index (χ2v) is 10.2. The van der Waals surface area contributed by atoms with Crippen LogP contribution in [0.5, 0.6) is 0 Å². The summed E-state index contributed by atoms with van der Waals surface area (Å²) in [6.07, 6.45) is -8.96. The standard InChI is InChI=1S/C29H15F7N6OS/c30-20-13-15(9-10-17(20)16-5-1-2-6-18(16)23-25-21(11-12-44-25)37-14-38-23)39-27(43)24-26(29(34,35)36)42(41-40-24)22-8-4-3-7-19(22)28(31,32)33/h1-14H,(H,39,43). The van der Waals surface area contributed by atoms with Gasteiger partial charge in [0.1, 0.15) is 12.1 Å². The highest BCUT2D eigenvalue weighted by Gasteiger charge is 2.44. The largest absolute Gasteiger partial charge is 0.435 e. The molecular formula is C29H15F7N6OS. The molecule has 0 fully saturated rings. The smallest absolute Gasteiger partial charge is 0.320 e. The summed E-state index contributed by atoms with van der Waals surface area (Å²) in [6.45, 7) is 0. The zero-order valence-corrected chi connectivity index (χ0v) is 22.6. The van der Waals surface area contributed by atoms with E-state index >= 15 is 4.39 Å². The summed E-state index contributed by atoms with van der Waals surface area (Å²) in [7, 11) is 0. The molecule has 1 amide bonds. The van der Waals surface area contributed by atoms with E-state index < -0.39 is 46.7 Å². The van der Waals surface area contributed by atoms with E-state index in [2.05, 4.69) is 25.6 Å². The van der Waals surface area contributed by atoms with Crippen molar-refractivity contribution in [1.29, 1.82) is 0 Å². The number of benzene rings is 3. The van der Waals surface area contributed by atoms with Gasteiger partial charge in [-0.2, -0.15) is 26.3 Å². The van der Waals surface area contributed by atoms with E-state index in [0.717, 1.165) is 29.0 Å². The number of carbonyl (C=O) groups excluding carboxylic acids is 1. The summed E-state index contributed by atoms with van der Waals surface area (Å²) in [5.41, 5.74) is -3.28. The summed E-state index contributed by atoms with van der Waals surface area (Å²) >= 11 is 1.41. The molecule has 0 aliphatic rings. The molecule has 7 nitrogen and oxygen atoms in total. The highest BCUT2D eigenvalue weighted by molar-refractivity contribution is 7.17. The number of para-hydroxylation sites is 1. The van der Waals surface area contributed by atoms with Crippen molar-refractivity contribution in [3.05, 3.63) is 107 Å². The Kier molecular flexibility index (Phi) is 7.11. The Balaban J connectivity index is 1.34. The molecule has 44 heavy (non-hydrogen) atoms. The lowest BCUT2D eigenvalue weighted by atomic mass is 9.96. The maximum absolute atomic E-state index is 15.5. The monoisotopic (exact) mass is 628 g/mol. The molecule has 0 unspecified atom stereocenters. The van der Waals surface area contributed by atoms with Crippen molar-refractivity contribution in [3.8, 4) is 28.1 Å². The molecule has 3 heterocycles. The van der Waals surface area contributed by atoms with Crippen molar-refractivity contribution in [2.75, 3.05) is 5.32 Å². The minimum absolute atomic E-state index is 0.0873. The van der Waals surface area contributed by atoms with Gasteiger partial charge in [0.25, 0.3) is 5.91 Å². The first-order valence-corrected chi connectivity index (χ1v) is 13.4. The van der Waals surface area contributed by atoms with Crippen molar-refractivity contribution in [3.63, 3.8) is 0 Å². The molecule has 0 radical (unpaired) electrons. The Morgan fingerprint density at radius 1 is 0.818 bits per heavy atom. The number of alkyl halides is 6. The number of hydrogen-bond donors (Lipinski definition) is 1. The first-order chi connectivity index (χ1) is 20.9. The Bertz CT molecular complexity index is 2030. The minimum Gasteiger partial charge on any atom is -0.320 e. The van der Waals surface area contributed by atoms with Gasteiger partial charge in [-0.3, -0.25) is 4.79 Å². The SMILES string of the molecule is O=C(Nc1ccc(-c2ccccc2-c2ncnc3ccsc23)c(F)c1)c1nnn(-c2ccccc2C(F)(F)F)c1C(F)(F)F. The second-order valence-electron chi connectivity index (χ2n) is 9.26. The molecule has 0 bridgehead atoms. The third-order valence-corrected chi connectivity index (χ3v) is 7.44. The van der Waals surface area contributed by atoms with Crippen LogP contribution in [0.15, 0.2) is 84.5 Å². The number of anilines is 1. The number of carbonyl (C=O) groups is 1. The number of halogens is 7. The van der Waals surface area contributed by atoms with Crippen LogP contribution >= 0.6 is 11.3 Å². The lowest BCUT2D eigenvalue weighted by Gasteiger charge is -2.16. The van der Waals surface area contributed by atoms with Crippen LogP contribution < -0.4 is 5.32 Å². The molecule has 3 aromatic carbocycles. The van der Waals surface area contributed by atoms with Gasteiger partial charge in [0.15, 0.2) is 11.4 Å². The molecule has 3 aromatic heterocycles. The van der Waals surface area contributed by atoms with Gasteiger partial charge in [0, 0.05) is 16.8 Å². The van der Waals surface area contributed by atoms with Gasteiger partial charge in [-0.25, -0.2) is 19.0 Å². The topological polar surface area (TPSA) is 85.6 Å². The number of fused-ring (bicyclic) bond motifs is 1. The number of thiophene rings is 1. The lowest BCUT2D eigenvalue weighted by molar-refractivity contribution is -0.145. The molecule has 0 atom stereocenters. The van der Waals surface area contributed by atoms with Crippen molar-refractivity contribution in [2.24, 2.45) is 0 Å². The van der Waals surface area contributed by atoms with Gasteiger partial charge >= 0.3 is 12.4 Å². The Morgan fingerprint density at radius 3 is 2.27 bits per heavy atom. The summed E-state index contributed by atoms with van der Waals surface area (Å²) in [4.78, 5) is 21.5. The van der Waals surface area contributed by atoms with Gasteiger partial charge in [-0.05, 0) is 47.3 Å². The van der Waals surface area contributed by atoms with E-state index in [1.54, 1.807) is 24.3 Å². The van der Waals surface area contributed by atoms with Gasteiger partial charge in [-0.1, -0.05) is 41.6 Å². The number of hydrogen-bond acceptors (Lipinski definition) is 6. The van der Waals surface area contributed by atoms with E-state index in [4.69, 9.17) is 0 Å². The van der Waals surface area contributed by atoms with Gasteiger partial charge < -0.3 is 5.32 Å². The fraction of sp³-hybridized carbons (Fsp3) is 0.0690.